The van der Waals surface area contributed by atoms with E-state index in [1.54, 1.807) is 12.3 Å². The van der Waals surface area contributed by atoms with Gasteiger partial charge in [0, 0.05) is 18.1 Å². The van der Waals surface area contributed by atoms with E-state index >= 15 is 0 Å². The van der Waals surface area contributed by atoms with E-state index in [0.29, 0.717) is 5.56 Å². The maximum absolute atomic E-state index is 12.1. The third kappa shape index (κ3) is 3.02. The molecular formula is C15H18N2O2. The highest BCUT2D eigenvalue weighted by molar-refractivity contribution is 5.91. The number of esters is 1. The molecule has 0 aliphatic rings. The molecule has 19 heavy (non-hydrogen) atoms. The molecule has 0 radical (unpaired) electrons. The summed E-state index contributed by atoms with van der Waals surface area (Å²) in [5.41, 5.74) is 0.907. The van der Waals surface area contributed by atoms with Crippen LogP contribution in [0.15, 0.2) is 36.7 Å². The van der Waals surface area contributed by atoms with Crippen LogP contribution in [0.2, 0.25) is 0 Å². The molecule has 0 spiro atoms. The zero-order valence-corrected chi connectivity index (χ0v) is 11.7. The second-order valence-electron chi connectivity index (χ2n) is 5.37. The van der Waals surface area contributed by atoms with Crippen molar-refractivity contribution in [2.45, 2.75) is 33.3 Å². The SMILES string of the molecule is Cc1c(C(=O)OC(C)(C)C)ccn1-c1ccccn1. The lowest BCUT2D eigenvalue weighted by Crippen LogP contribution is -2.24. The van der Waals surface area contributed by atoms with Crippen LogP contribution in [0.4, 0.5) is 0 Å². The lowest BCUT2D eigenvalue weighted by Gasteiger charge is -2.19. The van der Waals surface area contributed by atoms with Crippen molar-refractivity contribution in [1.82, 2.24) is 9.55 Å². The number of pyridine rings is 1. The minimum absolute atomic E-state index is 0.306. The number of aromatic nitrogens is 2. The Morgan fingerprint density at radius 2 is 2.00 bits per heavy atom. The molecule has 0 atom stereocenters. The predicted octanol–water partition coefficient (Wildman–Crippen LogP) is 3.14. The first-order chi connectivity index (χ1) is 8.88. The van der Waals surface area contributed by atoms with Crippen molar-refractivity contribution in [1.29, 1.82) is 0 Å². The summed E-state index contributed by atoms with van der Waals surface area (Å²) < 4.78 is 7.26. The Labute approximate surface area is 113 Å². The van der Waals surface area contributed by atoms with Gasteiger partial charge in [0.25, 0.3) is 0 Å². The summed E-state index contributed by atoms with van der Waals surface area (Å²) in [4.78, 5) is 16.3. The van der Waals surface area contributed by atoms with Crippen LogP contribution in [-0.4, -0.2) is 21.1 Å². The summed E-state index contributed by atoms with van der Waals surface area (Å²) in [5.74, 6) is 0.481. The van der Waals surface area contributed by atoms with E-state index in [4.69, 9.17) is 4.74 Å². The monoisotopic (exact) mass is 258 g/mol. The molecule has 2 rings (SSSR count). The molecular weight excluding hydrogens is 240 g/mol. The van der Waals surface area contributed by atoms with Gasteiger partial charge in [-0.15, -0.1) is 0 Å². The molecule has 0 saturated heterocycles. The summed E-state index contributed by atoms with van der Waals surface area (Å²) >= 11 is 0. The van der Waals surface area contributed by atoms with Crippen molar-refractivity contribution in [3.63, 3.8) is 0 Å². The van der Waals surface area contributed by atoms with Crippen LogP contribution in [0.25, 0.3) is 5.82 Å². The Balaban J connectivity index is 2.31. The van der Waals surface area contributed by atoms with Gasteiger partial charge in [0.2, 0.25) is 0 Å². The maximum atomic E-state index is 12.1. The van der Waals surface area contributed by atoms with E-state index in [-0.39, 0.29) is 5.97 Å². The topological polar surface area (TPSA) is 44.1 Å². The Kier molecular flexibility index (Phi) is 3.42. The summed E-state index contributed by atoms with van der Waals surface area (Å²) in [6.07, 6.45) is 3.55. The quantitative estimate of drug-likeness (QED) is 0.777. The number of hydrogen-bond donors (Lipinski definition) is 0. The van der Waals surface area contributed by atoms with E-state index in [0.717, 1.165) is 11.5 Å². The first kappa shape index (κ1) is 13.3. The smallest absolute Gasteiger partial charge is 0.340 e. The minimum Gasteiger partial charge on any atom is -0.456 e. The van der Waals surface area contributed by atoms with Gasteiger partial charge in [-0.3, -0.25) is 0 Å². The Bertz CT molecular complexity index is 580. The molecule has 4 heteroatoms. The maximum Gasteiger partial charge on any atom is 0.340 e. The standard InChI is InChI=1S/C15H18N2O2/c1-11-12(14(18)19-15(2,3)4)8-10-17(11)13-7-5-6-9-16-13/h5-10H,1-4H3. The summed E-state index contributed by atoms with van der Waals surface area (Å²) in [6, 6.07) is 7.43. The number of nitrogens with zero attached hydrogens (tertiary/aromatic N) is 2. The highest BCUT2D eigenvalue weighted by atomic mass is 16.6. The first-order valence-electron chi connectivity index (χ1n) is 6.21. The average molecular weight is 258 g/mol. The fourth-order valence-electron chi connectivity index (χ4n) is 1.80. The molecule has 2 aromatic heterocycles. The van der Waals surface area contributed by atoms with Gasteiger partial charge in [-0.05, 0) is 45.9 Å². The molecule has 0 unspecified atom stereocenters. The number of carbonyl (C=O) groups is 1. The van der Waals surface area contributed by atoms with Crippen LogP contribution in [0, 0.1) is 6.92 Å². The molecule has 0 bridgehead atoms. The highest BCUT2D eigenvalue weighted by Gasteiger charge is 2.21. The van der Waals surface area contributed by atoms with E-state index < -0.39 is 5.60 Å². The van der Waals surface area contributed by atoms with Gasteiger partial charge < -0.3 is 9.30 Å². The second kappa shape index (κ2) is 4.88. The fraction of sp³-hybridized carbons (Fsp3) is 0.333. The van der Waals surface area contributed by atoms with Gasteiger partial charge in [0.05, 0.1) is 5.56 Å². The van der Waals surface area contributed by atoms with E-state index in [1.165, 1.54) is 0 Å². The molecule has 0 N–H and O–H groups in total. The van der Waals surface area contributed by atoms with Gasteiger partial charge >= 0.3 is 5.97 Å². The first-order valence-corrected chi connectivity index (χ1v) is 6.21. The summed E-state index contributed by atoms with van der Waals surface area (Å²) in [6.45, 7) is 7.45. The molecule has 2 heterocycles. The number of rotatable bonds is 2. The minimum atomic E-state index is -0.489. The molecule has 2 aromatic rings. The van der Waals surface area contributed by atoms with Crippen LogP contribution in [0.5, 0.6) is 0 Å². The molecule has 4 nitrogen and oxygen atoms in total. The van der Waals surface area contributed by atoms with Crippen LogP contribution in [-0.2, 0) is 4.74 Å². The van der Waals surface area contributed by atoms with Crippen molar-refractivity contribution < 1.29 is 9.53 Å². The van der Waals surface area contributed by atoms with Crippen molar-refractivity contribution in [3.8, 4) is 5.82 Å². The van der Waals surface area contributed by atoms with Gasteiger partial charge in [0.1, 0.15) is 11.4 Å². The Morgan fingerprint density at radius 3 is 2.58 bits per heavy atom. The zero-order chi connectivity index (χ0) is 14.0. The summed E-state index contributed by atoms with van der Waals surface area (Å²) in [7, 11) is 0. The van der Waals surface area contributed by atoms with Gasteiger partial charge in [-0.25, -0.2) is 9.78 Å². The summed E-state index contributed by atoms with van der Waals surface area (Å²) in [5, 5.41) is 0. The van der Waals surface area contributed by atoms with Gasteiger partial charge in [-0.2, -0.15) is 0 Å². The normalized spacial score (nSPS) is 11.4. The van der Waals surface area contributed by atoms with Gasteiger partial charge in [0.15, 0.2) is 0 Å². The fourth-order valence-corrected chi connectivity index (χ4v) is 1.80. The number of carbonyl (C=O) groups excluding carboxylic acids is 1. The lowest BCUT2D eigenvalue weighted by atomic mass is 10.2. The lowest BCUT2D eigenvalue weighted by molar-refractivity contribution is 0.00688. The van der Waals surface area contributed by atoms with Crippen LogP contribution in [0.1, 0.15) is 36.8 Å². The van der Waals surface area contributed by atoms with Crippen LogP contribution >= 0.6 is 0 Å². The van der Waals surface area contributed by atoms with E-state index in [9.17, 15) is 4.79 Å². The van der Waals surface area contributed by atoms with E-state index in [1.807, 2.05) is 56.7 Å². The van der Waals surface area contributed by atoms with Gasteiger partial charge in [-0.1, -0.05) is 6.07 Å². The Hall–Kier alpha value is -2.10. The largest absolute Gasteiger partial charge is 0.456 e. The zero-order valence-electron chi connectivity index (χ0n) is 11.7. The molecule has 0 fully saturated rings. The number of hydrogen-bond acceptors (Lipinski definition) is 3. The van der Waals surface area contributed by atoms with Crippen LogP contribution in [0.3, 0.4) is 0 Å². The number of ether oxygens (including phenoxy) is 1. The third-order valence-electron chi connectivity index (χ3n) is 2.66. The van der Waals surface area contributed by atoms with Crippen molar-refractivity contribution >= 4 is 5.97 Å². The Morgan fingerprint density at radius 1 is 1.26 bits per heavy atom. The third-order valence-corrected chi connectivity index (χ3v) is 2.66. The average Bonchev–Trinajstić information content (AvgIpc) is 2.70. The second-order valence-corrected chi connectivity index (χ2v) is 5.37. The van der Waals surface area contributed by atoms with Crippen molar-refractivity contribution in [2.24, 2.45) is 0 Å². The molecule has 0 aliphatic heterocycles. The highest BCUT2D eigenvalue weighted by Crippen LogP contribution is 2.18. The molecule has 0 amide bonds. The molecule has 100 valence electrons. The van der Waals surface area contributed by atoms with Crippen molar-refractivity contribution in [2.75, 3.05) is 0 Å². The molecule has 0 aromatic carbocycles. The van der Waals surface area contributed by atoms with Crippen LogP contribution < -0.4 is 0 Å². The van der Waals surface area contributed by atoms with E-state index in [2.05, 4.69) is 4.98 Å². The van der Waals surface area contributed by atoms with Crippen molar-refractivity contribution in [3.05, 3.63) is 47.9 Å². The predicted molar refractivity (Wildman–Crippen MR) is 73.5 cm³/mol. The molecule has 0 aliphatic carbocycles. The molecule has 0 saturated carbocycles.